The van der Waals surface area contributed by atoms with E-state index in [0.717, 1.165) is 34.1 Å². The number of rotatable bonds is 1. The summed E-state index contributed by atoms with van der Waals surface area (Å²) < 4.78 is 1.16. The van der Waals surface area contributed by atoms with Crippen LogP contribution in [0.5, 0.6) is 0 Å². The molecule has 1 aromatic carbocycles. The Hall–Kier alpha value is -0.210. The molecular formula is C13H17BrClN. The average Bonchev–Trinajstić information content (AvgIpc) is 2.25. The summed E-state index contributed by atoms with van der Waals surface area (Å²) in [6.45, 7) is 6.64. The van der Waals surface area contributed by atoms with Crippen molar-refractivity contribution in [3.63, 3.8) is 0 Å². The molecular weight excluding hydrogens is 286 g/mol. The average molecular weight is 303 g/mol. The van der Waals surface area contributed by atoms with Gasteiger partial charge >= 0.3 is 0 Å². The number of halogens is 2. The highest BCUT2D eigenvalue weighted by Gasteiger charge is 2.18. The van der Waals surface area contributed by atoms with Crippen LogP contribution >= 0.6 is 27.5 Å². The summed E-state index contributed by atoms with van der Waals surface area (Å²) >= 11 is 9.82. The van der Waals surface area contributed by atoms with Gasteiger partial charge in [-0.15, -0.1) is 0 Å². The summed E-state index contributed by atoms with van der Waals surface area (Å²) in [6, 6.07) is 4.19. The molecule has 0 unspecified atom stereocenters. The van der Waals surface area contributed by atoms with Crippen LogP contribution in [-0.2, 0) is 0 Å². The van der Waals surface area contributed by atoms with E-state index in [-0.39, 0.29) is 0 Å². The SMILES string of the molecule is Cc1cc(Br)c(N2CCC(C)CC2)cc1Cl. The normalized spacial score (nSPS) is 17.9. The first kappa shape index (κ1) is 12.3. The fraction of sp³-hybridized carbons (Fsp3) is 0.538. The minimum atomic E-state index is 0.857. The van der Waals surface area contributed by atoms with Crippen LogP contribution in [0.3, 0.4) is 0 Å². The molecule has 0 atom stereocenters. The van der Waals surface area contributed by atoms with E-state index in [2.05, 4.69) is 39.9 Å². The van der Waals surface area contributed by atoms with E-state index < -0.39 is 0 Å². The highest BCUT2D eigenvalue weighted by Crippen LogP contribution is 2.34. The van der Waals surface area contributed by atoms with E-state index >= 15 is 0 Å². The quantitative estimate of drug-likeness (QED) is 0.730. The standard InChI is InChI=1S/C13H17BrClN/c1-9-3-5-16(6-4-9)13-8-12(15)10(2)7-11(13)14/h7-9H,3-6H2,1-2H3. The molecule has 16 heavy (non-hydrogen) atoms. The molecule has 0 aliphatic carbocycles. The van der Waals surface area contributed by atoms with Crippen molar-refractivity contribution in [2.24, 2.45) is 5.92 Å². The monoisotopic (exact) mass is 301 g/mol. The van der Waals surface area contributed by atoms with Crippen molar-refractivity contribution in [3.05, 3.63) is 27.2 Å². The predicted octanol–water partition coefficient (Wildman–Crippen LogP) is 4.65. The second-order valence-electron chi connectivity index (χ2n) is 4.72. The third-order valence-electron chi connectivity index (χ3n) is 3.35. The largest absolute Gasteiger partial charge is 0.371 e. The van der Waals surface area contributed by atoms with E-state index in [1.54, 1.807) is 0 Å². The van der Waals surface area contributed by atoms with Crippen LogP contribution in [0.4, 0.5) is 5.69 Å². The molecule has 0 spiro atoms. The topological polar surface area (TPSA) is 3.24 Å². The van der Waals surface area contributed by atoms with Crippen LogP contribution in [-0.4, -0.2) is 13.1 Å². The maximum Gasteiger partial charge on any atom is 0.0525 e. The molecule has 88 valence electrons. The Bertz CT molecular complexity index is 384. The Balaban J connectivity index is 2.23. The first-order chi connectivity index (χ1) is 7.58. The first-order valence-corrected chi connectivity index (χ1v) is 6.95. The smallest absolute Gasteiger partial charge is 0.0525 e. The van der Waals surface area contributed by atoms with Crippen molar-refractivity contribution < 1.29 is 0 Å². The molecule has 2 rings (SSSR count). The van der Waals surface area contributed by atoms with Crippen LogP contribution in [0.25, 0.3) is 0 Å². The fourth-order valence-corrected chi connectivity index (χ4v) is 2.99. The van der Waals surface area contributed by atoms with Gasteiger partial charge in [-0.3, -0.25) is 0 Å². The Morgan fingerprint density at radius 1 is 1.31 bits per heavy atom. The maximum absolute atomic E-state index is 6.19. The molecule has 1 saturated heterocycles. The van der Waals surface area contributed by atoms with Crippen LogP contribution in [0.1, 0.15) is 25.3 Å². The van der Waals surface area contributed by atoms with Gasteiger partial charge in [0.25, 0.3) is 0 Å². The summed E-state index contributed by atoms with van der Waals surface area (Å²) in [5, 5.41) is 0.858. The number of hydrogen-bond acceptors (Lipinski definition) is 1. The fourth-order valence-electron chi connectivity index (χ4n) is 2.13. The molecule has 1 nitrogen and oxygen atoms in total. The van der Waals surface area contributed by atoms with Crippen molar-refractivity contribution in [2.45, 2.75) is 26.7 Å². The van der Waals surface area contributed by atoms with Gasteiger partial charge in [-0.1, -0.05) is 18.5 Å². The predicted molar refractivity (Wildman–Crippen MR) is 74.5 cm³/mol. The third kappa shape index (κ3) is 2.54. The number of aryl methyl sites for hydroxylation is 1. The zero-order chi connectivity index (χ0) is 11.7. The van der Waals surface area contributed by atoms with Crippen molar-refractivity contribution in [1.29, 1.82) is 0 Å². The molecule has 1 aromatic rings. The van der Waals surface area contributed by atoms with Gasteiger partial charge in [0.1, 0.15) is 0 Å². The summed E-state index contributed by atoms with van der Waals surface area (Å²) in [7, 11) is 0. The summed E-state index contributed by atoms with van der Waals surface area (Å²) in [6.07, 6.45) is 2.55. The first-order valence-electron chi connectivity index (χ1n) is 5.78. The Labute approximate surface area is 111 Å². The van der Waals surface area contributed by atoms with Crippen LogP contribution in [0.2, 0.25) is 5.02 Å². The summed E-state index contributed by atoms with van der Waals surface area (Å²) in [4.78, 5) is 2.43. The van der Waals surface area contributed by atoms with Gasteiger partial charge in [-0.2, -0.15) is 0 Å². The van der Waals surface area contributed by atoms with Gasteiger partial charge in [0, 0.05) is 22.6 Å². The van der Waals surface area contributed by atoms with E-state index in [9.17, 15) is 0 Å². The zero-order valence-corrected chi connectivity index (χ0v) is 12.1. The van der Waals surface area contributed by atoms with Gasteiger partial charge in [0.05, 0.1) is 5.69 Å². The summed E-state index contributed by atoms with van der Waals surface area (Å²) in [5.41, 5.74) is 2.37. The van der Waals surface area contributed by atoms with Crippen LogP contribution in [0.15, 0.2) is 16.6 Å². The molecule has 0 bridgehead atoms. The second kappa shape index (κ2) is 4.97. The van der Waals surface area contributed by atoms with Crippen molar-refractivity contribution in [3.8, 4) is 0 Å². The van der Waals surface area contributed by atoms with E-state index in [1.165, 1.54) is 18.5 Å². The van der Waals surface area contributed by atoms with Gasteiger partial charge in [-0.25, -0.2) is 0 Å². The lowest BCUT2D eigenvalue weighted by Gasteiger charge is -2.33. The molecule has 0 aromatic heterocycles. The Morgan fingerprint density at radius 2 is 1.94 bits per heavy atom. The Kier molecular flexibility index (Phi) is 3.81. The lowest BCUT2D eigenvalue weighted by molar-refractivity contribution is 0.438. The van der Waals surface area contributed by atoms with E-state index in [1.807, 2.05) is 6.92 Å². The minimum absolute atomic E-state index is 0.857. The van der Waals surface area contributed by atoms with Gasteiger partial charge < -0.3 is 4.90 Å². The summed E-state index contributed by atoms with van der Waals surface area (Å²) in [5.74, 6) is 0.857. The van der Waals surface area contributed by atoms with Gasteiger partial charge in [0.15, 0.2) is 0 Å². The number of anilines is 1. The number of nitrogens with zero attached hydrogens (tertiary/aromatic N) is 1. The molecule has 0 amide bonds. The second-order valence-corrected chi connectivity index (χ2v) is 5.98. The van der Waals surface area contributed by atoms with E-state index in [4.69, 9.17) is 11.6 Å². The maximum atomic E-state index is 6.19. The molecule has 1 aliphatic rings. The molecule has 1 fully saturated rings. The third-order valence-corrected chi connectivity index (χ3v) is 4.39. The number of hydrogen-bond donors (Lipinski definition) is 0. The van der Waals surface area contributed by atoms with Crippen molar-refractivity contribution >= 4 is 33.2 Å². The molecule has 0 N–H and O–H groups in total. The molecule has 1 heterocycles. The van der Waals surface area contributed by atoms with Crippen molar-refractivity contribution in [1.82, 2.24) is 0 Å². The molecule has 3 heteroatoms. The van der Waals surface area contributed by atoms with Crippen LogP contribution < -0.4 is 4.90 Å². The lowest BCUT2D eigenvalue weighted by atomic mass is 9.99. The lowest BCUT2D eigenvalue weighted by Crippen LogP contribution is -2.33. The van der Waals surface area contributed by atoms with Gasteiger partial charge in [-0.05, 0) is 59.3 Å². The number of piperidine rings is 1. The number of benzene rings is 1. The highest BCUT2D eigenvalue weighted by molar-refractivity contribution is 9.10. The van der Waals surface area contributed by atoms with Gasteiger partial charge in [0.2, 0.25) is 0 Å². The zero-order valence-electron chi connectivity index (χ0n) is 9.76. The van der Waals surface area contributed by atoms with Crippen molar-refractivity contribution in [2.75, 3.05) is 18.0 Å². The molecule has 1 aliphatic heterocycles. The molecule has 0 saturated carbocycles. The van der Waals surface area contributed by atoms with E-state index in [0.29, 0.717) is 0 Å². The van der Waals surface area contributed by atoms with Crippen LogP contribution in [0, 0.1) is 12.8 Å². The molecule has 0 radical (unpaired) electrons. The minimum Gasteiger partial charge on any atom is -0.371 e. The Morgan fingerprint density at radius 3 is 2.56 bits per heavy atom. The highest BCUT2D eigenvalue weighted by atomic mass is 79.9.